The maximum absolute atomic E-state index is 11.9. The van der Waals surface area contributed by atoms with E-state index < -0.39 is 10.0 Å². The van der Waals surface area contributed by atoms with Crippen molar-refractivity contribution in [3.05, 3.63) is 32.5 Å². The number of hydrogen-bond donors (Lipinski definition) is 1. The molecule has 0 saturated carbocycles. The minimum absolute atomic E-state index is 0.275. The third-order valence-corrected chi connectivity index (χ3v) is 6.60. The highest BCUT2D eigenvalue weighted by Gasteiger charge is 2.18. The van der Waals surface area contributed by atoms with Gasteiger partial charge in [0.2, 0.25) is 0 Å². The third-order valence-electron chi connectivity index (χ3n) is 1.75. The van der Waals surface area contributed by atoms with Gasteiger partial charge in [0.1, 0.15) is 4.21 Å². The van der Waals surface area contributed by atoms with Crippen LogP contribution in [0.2, 0.25) is 0 Å². The fourth-order valence-electron chi connectivity index (χ4n) is 1.03. The monoisotopic (exact) mass is 338 g/mol. The summed E-state index contributed by atoms with van der Waals surface area (Å²) in [5.41, 5.74) is 1.67. The van der Waals surface area contributed by atoms with Crippen LogP contribution in [0.25, 0.3) is 0 Å². The molecule has 2 rings (SSSR count). The SMILES string of the molecule is O=S(=O)(NCc1cncs1)c1sccc1Br. The van der Waals surface area contributed by atoms with Crippen LogP contribution in [0.4, 0.5) is 0 Å². The van der Waals surface area contributed by atoms with E-state index in [-0.39, 0.29) is 6.54 Å². The lowest BCUT2D eigenvalue weighted by molar-refractivity contribution is 0.583. The molecule has 1 N–H and O–H groups in total. The molecule has 0 amide bonds. The molecule has 4 nitrogen and oxygen atoms in total. The van der Waals surface area contributed by atoms with Crippen molar-refractivity contribution in [2.45, 2.75) is 10.8 Å². The van der Waals surface area contributed by atoms with Gasteiger partial charge in [-0.3, -0.25) is 4.98 Å². The van der Waals surface area contributed by atoms with Crippen LogP contribution in [0.3, 0.4) is 0 Å². The Kier molecular flexibility index (Phi) is 3.75. The molecule has 2 aromatic heterocycles. The van der Waals surface area contributed by atoms with E-state index in [1.807, 2.05) is 0 Å². The van der Waals surface area contributed by atoms with Crippen molar-refractivity contribution < 1.29 is 8.42 Å². The second kappa shape index (κ2) is 4.92. The fourth-order valence-corrected chi connectivity index (χ4v) is 5.05. The Morgan fingerprint density at radius 2 is 2.25 bits per heavy atom. The van der Waals surface area contributed by atoms with Gasteiger partial charge in [0.15, 0.2) is 0 Å². The maximum atomic E-state index is 11.9. The van der Waals surface area contributed by atoms with Gasteiger partial charge in [0.05, 0.1) is 5.51 Å². The highest BCUT2D eigenvalue weighted by Crippen LogP contribution is 2.27. The molecule has 0 saturated heterocycles. The summed E-state index contributed by atoms with van der Waals surface area (Å²) in [4.78, 5) is 4.77. The molecule has 0 aliphatic carbocycles. The topological polar surface area (TPSA) is 59.1 Å². The molecule has 0 aliphatic rings. The summed E-state index contributed by atoms with van der Waals surface area (Å²) in [7, 11) is -3.42. The molecule has 2 aromatic rings. The standard InChI is InChI=1S/C8H7BrN2O2S3/c9-7-1-2-14-8(7)16(12,13)11-4-6-3-10-5-15-6/h1-3,5,11H,4H2. The molecule has 8 heteroatoms. The van der Waals surface area contributed by atoms with E-state index in [1.165, 1.54) is 22.7 Å². The van der Waals surface area contributed by atoms with E-state index in [1.54, 1.807) is 23.2 Å². The zero-order valence-electron chi connectivity index (χ0n) is 7.88. The Balaban J connectivity index is 2.13. The molecule has 0 atom stereocenters. The summed E-state index contributed by atoms with van der Waals surface area (Å²) < 4.78 is 27.1. The first-order valence-corrected chi connectivity index (χ1v) is 8.23. The number of thiazole rings is 1. The number of halogens is 1. The van der Waals surface area contributed by atoms with Gasteiger partial charge in [-0.1, -0.05) is 0 Å². The van der Waals surface area contributed by atoms with Gasteiger partial charge in [-0.2, -0.15) is 0 Å². The van der Waals surface area contributed by atoms with E-state index in [0.717, 1.165) is 4.88 Å². The highest BCUT2D eigenvalue weighted by atomic mass is 79.9. The van der Waals surface area contributed by atoms with Crippen molar-refractivity contribution in [3.63, 3.8) is 0 Å². The van der Waals surface area contributed by atoms with Crippen LogP contribution in [0.15, 0.2) is 31.8 Å². The van der Waals surface area contributed by atoms with E-state index >= 15 is 0 Å². The summed E-state index contributed by atoms with van der Waals surface area (Å²) >= 11 is 5.81. The first-order valence-electron chi connectivity index (χ1n) is 4.19. The summed E-state index contributed by atoms with van der Waals surface area (Å²) in [5.74, 6) is 0. The van der Waals surface area contributed by atoms with Crippen molar-refractivity contribution in [2.75, 3.05) is 0 Å². The van der Waals surface area contributed by atoms with E-state index in [9.17, 15) is 8.42 Å². The average molecular weight is 339 g/mol. The summed E-state index contributed by atoms with van der Waals surface area (Å²) in [5, 5.41) is 1.73. The van der Waals surface area contributed by atoms with Crippen LogP contribution in [-0.4, -0.2) is 13.4 Å². The number of rotatable bonds is 4. The van der Waals surface area contributed by atoms with Crippen LogP contribution in [0.1, 0.15) is 4.88 Å². The van der Waals surface area contributed by atoms with Crippen LogP contribution < -0.4 is 4.72 Å². The Morgan fingerprint density at radius 1 is 1.44 bits per heavy atom. The zero-order chi connectivity index (χ0) is 11.6. The zero-order valence-corrected chi connectivity index (χ0v) is 11.9. The van der Waals surface area contributed by atoms with Crippen molar-refractivity contribution in [1.29, 1.82) is 0 Å². The molecular weight excluding hydrogens is 332 g/mol. The summed E-state index contributed by atoms with van der Waals surface area (Å²) in [6, 6.07) is 1.71. The molecule has 0 spiro atoms. The molecule has 86 valence electrons. The quantitative estimate of drug-likeness (QED) is 0.931. The van der Waals surface area contributed by atoms with Crippen molar-refractivity contribution in [2.24, 2.45) is 0 Å². The number of aromatic nitrogens is 1. The predicted molar refractivity (Wildman–Crippen MR) is 68.2 cm³/mol. The smallest absolute Gasteiger partial charge is 0.251 e. The molecule has 0 aromatic carbocycles. The Hall–Kier alpha value is -0.280. The first-order chi connectivity index (χ1) is 7.59. The number of nitrogens with zero attached hydrogens (tertiary/aromatic N) is 1. The van der Waals surface area contributed by atoms with Gasteiger partial charge in [-0.25, -0.2) is 13.1 Å². The van der Waals surface area contributed by atoms with Gasteiger partial charge in [0.25, 0.3) is 10.0 Å². The average Bonchev–Trinajstić information content (AvgIpc) is 2.85. The minimum Gasteiger partial charge on any atom is -0.253 e. The Bertz CT molecular complexity index is 562. The minimum atomic E-state index is -3.42. The van der Waals surface area contributed by atoms with Crippen molar-refractivity contribution >= 4 is 48.6 Å². The summed E-state index contributed by atoms with van der Waals surface area (Å²) in [6.07, 6.45) is 1.65. The lowest BCUT2D eigenvalue weighted by Gasteiger charge is -2.03. The number of hydrogen-bond acceptors (Lipinski definition) is 5. The highest BCUT2D eigenvalue weighted by molar-refractivity contribution is 9.10. The van der Waals surface area contributed by atoms with Crippen LogP contribution in [0, 0.1) is 0 Å². The predicted octanol–water partition coefficient (Wildman–Crippen LogP) is 2.45. The Labute approximate surface area is 110 Å². The second-order valence-electron chi connectivity index (χ2n) is 2.85. The molecule has 0 aliphatic heterocycles. The van der Waals surface area contributed by atoms with Crippen molar-refractivity contribution in [1.82, 2.24) is 9.71 Å². The number of thiophene rings is 1. The molecule has 2 heterocycles. The first kappa shape index (κ1) is 12.2. The number of sulfonamides is 1. The van der Waals surface area contributed by atoms with E-state index in [2.05, 4.69) is 25.6 Å². The van der Waals surface area contributed by atoms with Gasteiger partial charge in [-0.05, 0) is 27.4 Å². The summed E-state index contributed by atoms with van der Waals surface area (Å²) in [6.45, 7) is 0.275. The van der Waals surface area contributed by atoms with Crippen LogP contribution in [0.5, 0.6) is 0 Å². The van der Waals surface area contributed by atoms with E-state index in [0.29, 0.717) is 8.68 Å². The van der Waals surface area contributed by atoms with Gasteiger partial charge in [0, 0.05) is 22.1 Å². The van der Waals surface area contributed by atoms with E-state index in [4.69, 9.17) is 0 Å². The van der Waals surface area contributed by atoms with Crippen molar-refractivity contribution in [3.8, 4) is 0 Å². The number of nitrogens with one attached hydrogen (secondary N) is 1. The lowest BCUT2D eigenvalue weighted by atomic mass is 10.6. The molecule has 0 radical (unpaired) electrons. The third kappa shape index (κ3) is 2.69. The van der Waals surface area contributed by atoms with Crippen LogP contribution in [-0.2, 0) is 16.6 Å². The van der Waals surface area contributed by atoms with Crippen LogP contribution >= 0.6 is 38.6 Å². The normalized spacial score (nSPS) is 11.8. The van der Waals surface area contributed by atoms with Gasteiger partial charge < -0.3 is 0 Å². The fraction of sp³-hybridized carbons (Fsp3) is 0.125. The molecular formula is C8H7BrN2O2S3. The lowest BCUT2D eigenvalue weighted by Crippen LogP contribution is -2.22. The Morgan fingerprint density at radius 3 is 2.81 bits per heavy atom. The maximum Gasteiger partial charge on any atom is 0.251 e. The molecule has 16 heavy (non-hydrogen) atoms. The largest absolute Gasteiger partial charge is 0.253 e. The molecule has 0 fully saturated rings. The molecule has 0 unspecified atom stereocenters. The van der Waals surface area contributed by atoms with Gasteiger partial charge >= 0.3 is 0 Å². The second-order valence-corrected chi connectivity index (χ2v) is 7.55. The molecule has 0 bridgehead atoms. The van der Waals surface area contributed by atoms with Gasteiger partial charge in [-0.15, -0.1) is 22.7 Å².